The molecule has 0 aliphatic heterocycles. The molecule has 0 aliphatic carbocycles. The molecule has 0 fully saturated rings. The first-order chi connectivity index (χ1) is 45.3. The summed E-state index contributed by atoms with van der Waals surface area (Å²) in [5.41, 5.74) is 2.05. The van der Waals surface area contributed by atoms with Crippen molar-refractivity contribution < 1.29 is 45.6 Å². The van der Waals surface area contributed by atoms with Crippen molar-refractivity contribution >= 4 is 113 Å². The molecule has 0 aromatic heterocycles. The maximum atomic E-state index is 13.2. The van der Waals surface area contributed by atoms with Crippen molar-refractivity contribution in [3.63, 3.8) is 0 Å². The van der Waals surface area contributed by atoms with Crippen molar-refractivity contribution in [1.29, 1.82) is 0 Å². The molecule has 468 valence electrons. The van der Waals surface area contributed by atoms with E-state index in [1.807, 2.05) is 18.2 Å². The van der Waals surface area contributed by atoms with Crippen LogP contribution in [0, 0.1) is 0 Å². The van der Waals surface area contributed by atoms with E-state index in [-0.39, 0.29) is 35.4 Å². The van der Waals surface area contributed by atoms with Crippen LogP contribution in [-0.2, 0) is 0 Å². The second kappa shape index (κ2) is 37.8. The van der Waals surface area contributed by atoms with E-state index in [9.17, 15) is 28.8 Å². The molecule has 0 unspecified atom stereocenters. The van der Waals surface area contributed by atoms with Crippen LogP contribution in [0.25, 0.3) is 0 Å². The number of allylic oxidation sites excluding steroid dienone is 12. The van der Waals surface area contributed by atoms with Gasteiger partial charge in [0.1, 0.15) is 0 Å². The van der Waals surface area contributed by atoms with Crippen LogP contribution in [0.2, 0.25) is 0 Å². The first-order valence-electron chi connectivity index (χ1n) is 28.1. The second-order valence-electron chi connectivity index (χ2n) is 18.6. The Morgan fingerprint density at radius 3 is 0.516 bits per heavy atom. The minimum absolute atomic E-state index is 0.341. The Hall–Kier alpha value is -10.3. The van der Waals surface area contributed by atoms with Gasteiger partial charge in [-0.05, 0) is 0 Å². The van der Waals surface area contributed by atoms with Gasteiger partial charge in [-0.2, -0.15) is 0 Å². The normalized spacial score (nSPS) is 11.1. The van der Waals surface area contributed by atoms with Gasteiger partial charge in [0.2, 0.25) is 0 Å². The first-order valence-corrected chi connectivity index (χ1v) is 41.8. The molecule has 0 heterocycles. The van der Waals surface area contributed by atoms with Gasteiger partial charge in [-0.3, -0.25) is 0 Å². The van der Waals surface area contributed by atoms with Crippen LogP contribution < -0.4 is 58.6 Å². The maximum absolute atomic E-state index is 13.2. The molecule has 7 rings (SSSR count). The van der Waals surface area contributed by atoms with Crippen molar-refractivity contribution in [2.45, 2.75) is 0 Å². The molecule has 6 amide bonds. The predicted molar refractivity (Wildman–Crippen MR) is 366 cm³/mol. The van der Waals surface area contributed by atoms with Gasteiger partial charge in [0.05, 0.1) is 0 Å². The number of benzene rings is 7. The van der Waals surface area contributed by atoms with Crippen LogP contribution >= 0.6 is 0 Å². The fourth-order valence-electron chi connectivity index (χ4n) is 7.50. The molecule has 0 bridgehead atoms. The predicted octanol–water partition coefficient (Wildman–Crippen LogP) is 9.82. The Bertz CT molecular complexity index is 3340. The van der Waals surface area contributed by atoms with Gasteiger partial charge >= 0.3 is 572 Å². The van der Waals surface area contributed by atoms with Crippen LogP contribution in [0.4, 0.5) is 0 Å². The summed E-state index contributed by atoms with van der Waals surface area (Å²) in [6.07, 6.45) is 27.6. The Balaban J connectivity index is 1.44. The summed E-state index contributed by atoms with van der Waals surface area (Å²) in [6, 6.07) is 45.0. The van der Waals surface area contributed by atoms with Crippen LogP contribution in [0.3, 0.4) is 0 Å². The molecule has 18 nitrogen and oxygen atoms in total. The van der Waals surface area contributed by atoms with E-state index in [2.05, 4.69) is 71.4 Å². The van der Waals surface area contributed by atoms with Gasteiger partial charge in [-0.15, -0.1) is 0 Å². The number of nitrogens with one attached hydrogen (secondary N) is 6. The van der Waals surface area contributed by atoms with E-state index in [1.165, 1.54) is 73.7 Å². The molecular formula is C72H63Bi3N6O12. The fourth-order valence-corrected chi connectivity index (χ4v) is 28.5. The summed E-state index contributed by atoms with van der Waals surface area (Å²) in [4.78, 5) is 78.9. The molecule has 0 aliphatic rings. The van der Waals surface area contributed by atoms with Crippen LogP contribution in [-0.4, -0.2) is 103 Å². The van der Waals surface area contributed by atoms with Crippen molar-refractivity contribution in [1.82, 2.24) is 31.9 Å². The second-order valence-corrected chi connectivity index (χ2v) is 34.9. The van der Waals surface area contributed by atoms with E-state index >= 15 is 0 Å². The third-order valence-electron chi connectivity index (χ3n) is 12.0. The van der Waals surface area contributed by atoms with Crippen LogP contribution in [0.1, 0.15) is 62.1 Å². The van der Waals surface area contributed by atoms with Crippen molar-refractivity contribution in [3.8, 4) is 34.5 Å². The molecule has 6 N–H and O–H groups in total. The summed E-state index contributed by atoms with van der Waals surface area (Å²) < 4.78 is 43.9. The number of amides is 6. The zero-order valence-electron chi connectivity index (χ0n) is 50.0. The molecule has 0 radical (unpaired) electrons. The third kappa shape index (κ3) is 22.5. The van der Waals surface area contributed by atoms with Gasteiger partial charge < -0.3 is 0 Å². The number of carbonyl (C=O) groups is 6. The Labute approximate surface area is 566 Å². The molecule has 0 spiro atoms. The average molecular weight is 1830 g/mol. The van der Waals surface area contributed by atoms with Crippen molar-refractivity contribution in [2.75, 3.05) is 0 Å². The number of rotatable bonds is 33. The topological polar surface area (TPSA) is 230 Å². The van der Waals surface area contributed by atoms with Crippen molar-refractivity contribution in [3.05, 3.63) is 347 Å². The van der Waals surface area contributed by atoms with Gasteiger partial charge in [-0.1, -0.05) is 0 Å². The van der Waals surface area contributed by atoms with Gasteiger partial charge in [0.25, 0.3) is 0 Å². The summed E-state index contributed by atoms with van der Waals surface area (Å²) in [6.45, 7) is 21.9. The summed E-state index contributed by atoms with van der Waals surface area (Å²) in [5.74, 6) is -0.0490. The van der Waals surface area contributed by atoms with Crippen molar-refractivity contribution in [2.24, 2.45) is 0 Å². The van der Waals surface area contributed by atoms with Gasteiger partial charge in [0.15, 0.2) is 0 Å². The van der Waals surface area contributed by atoms with Gasteiger partial charge in [-0.25, -0.2) is 0 Å². The van der Waals surface area contributed by atoms with E-state index in [4.69, 9.17) is 16.9 Å². The van der Waals surface area contributed by atoms with Crippen LogP contribution in [0.15, 0.2) is 313 Å². The Morgan fingerprint density at radius 2 is 0.387 bits per heavy atom. The number of hydrogen-bond donors (Lipinski definition) is 6. The van der Waals surface area contributed by atoms with E-state index in [0.717, 1.165) is 0 Å². The first kappa shape index (κ1) is 70.2. The quantitative estimate of drug-likeness (QED) is 0.0167. The molecule has 0 atom stereocenters. The zero-order chi connectivity index (χ0) is 66.2. The third-order valence-corrected chi connectivity index (χ3v) is 28.7. The van der Waals surface area contributed by atoms with E-state index in [1.54, 1.807) is 182 Å². The molecular weight excluding hydrogens is 1770 g/mol. The molecule has 21 heteroatoms. The number of carbonyl (C=O) groups excluding carboxylic acids is 6. The number of hydrogen-bond acceptors (Lipinski definition) is 12. The molecule has 0 saturated carbocycles. The molecule has 93 heavy (non-hydrogen) atoms. The fraction of sp³-hybridized carbons (Fsp3) is 0. The minimum atomic E-state index is -4.36. The molecule has 7 aromatic carbocycles. The average Bonchev–Trinajstić information content (AvgIpc) is 0.834. The Kier molecular flexibility index (Phi) is 28.5. The summed E-state index contributed by atoms with van der Waals surface area (Å²) in [5, 5.41) is 16.2. The van der Waals surface area contributed by atoms with Gasteiger partial charge in [0, 0.05) is 0 Å². The van der Waals surface area contributed by atoms with E-state index < -0.39 is 67.9 Å². The SMILES string of the molecule is C=CC=CNC(=O)c1ccc([O][Bi]([O]c2ccc(C(=O)NC=CC=C)cc2)[c]2c[c]([Bi]([O]c3ccc(C(=O)NC=CC=C)cc3)[O]c3ccc(C(=O)NC=CC=C)cc3)c[c]([Bi]([O]c3ccc(C(=O)NC=CC=C)cc3)[O]c3ccc(C(=O)NC=CC=C)cc3)c2)cc1. The zero-order valence-corrected chi connectivity index (χ0v) is 60.4. The summed E-state index contributed by atoms with van der Waals surface area (Å²) in [7, 11) is 0. The molecule has 0 saturated heterocycles. The Morgan fingerprint density at radius 1 is 0.247 bits per heavy atom. The van der Waals surface area contributed by atoms with E-state index in [0.29, 0.717) is 77.7 Å². The summed E-state index contributed by atoms with van der Waals surface area (Å²) >= 11 is -13.1. The standard InChI is InChI=1S/6C11H11NO2.C6H3.3Bi/c6*1-2-3-8-12-11(14)9-4-6-10(13)7-5-9;1-2-4-6-5-3-1;;;/h6*2-8,13H,1H2,(H,12,14);1,4-5H;;;/q;;;;;;;3*+2/p-6. The van der Waals surface area contributed by atoms with Crippen LogP contribution in [0.5, 0.6) is 34.5 Å². The molecule has 7 aromatic rings. The monoisotopic (exact) mass is 1830 g/mol.